The number of allylic oxidation sites excluding steroid dienone is 4. The van der Waals surface area contributed by atoms with Crippen LogP contribution in [0.15, 0.2) is 24.3 Å². The van der Waals surface area contributed by atoms with E-state index in [0.717, 1.165) is 115 Å². The highest BCUT2D eigenvalue weighted by atomic mass is 31.2. The SMILES string of the molecule is CCCCCC/C=C\C=C/CCCCCCCC(=O)O[C@H](COC(=O)CCCCCCCCCCCCCC(C)C)COP(=O)(O)OC[C@@H](O)COP(=O)(O)OC[C@@H](COC(=O)CCCCCCCCCC)OC(=O)CCCCCCCCCC(C)C. The van der Waals surface area contributed by atoms with E-state index in [-0.39, 0.29) is 25.7 Å². The topological polar surface area (TPSA) is 237 Å². The maximum absolute atomic E-state index is 13.0. The molecule has 0 aliphatic rings. The van der Waals surface area contributed by atoms with Gasteiger partial charge in [-0.1, -0.05) is 265 Å². The molecule has 5 atom stereocenters. The first kappa shape index (κ1) is 84.5. The second kappa shape index (κ2) is 59.8. The Balaban J connectivity index is 5.27. The molecule has 0 aromatic carbocycles. The van der Waals surface area contributed by atoms with Gasteiger partial charge in [-0.05, 0) is 63.2 Å². The van der Waals surface area contributed by atoms with Crippen LogP contribution in [0, 0.1) is 11.8 Å². The number of esters is 4. The molecular formula is C68H128O17P2. The summed E-state index contributed by atoms with van der Waals surface area (Å²) in [6, 6.07) is 0. The third-order valence-electron chi connectivity index (χ3n) is 15.1. The van der Waals surface area contributed by atoms with Crippen LogP contribution in [0.25, 0.3) is 0 Å². The van der Waals surface area contributed by atoms with E-state index in [4.69, 9.17) is 37.0 Å². The van der Waals surface area contributed by atoms with Gasteiger partial charge in [0, 0.05) is 25.7 Å². The Kier molecular flexibility index (Phi) is 58.1. The van der Waals surface area contributed by atoms with Gasteiger partial charge in [-0.25, -0.2) is 9.13 Å². The molecular weight excluding hydrogens is 1150 g/mol. The van der Waals surface area contributed by atoms with Crippen molar-refractivity contribution in [2.24, 2.45) is 11.8 Å². The molecule has 3 N–H and O–H groups in total. The summed E-state index contributed by atoms with van der Waals surface area (Å²) < 4.78 is 68.1. The normalized spacial score (nSPS) is 14.4. The minimum absolute atomic E-state index is 0.0846. The fourth-order valence-corrected chi connectivity index (χ4v) is 11.3. The molecule has 0 aliphatic heterocycles. The van der Waals surface area contributed by atoms with Crippen LogP contribution in [0.4, 0.5) is 0 Å². The van der Waals surface area contributed by atoms with Crippen LogP contribution < -0.4 is 0 Å². The van der Waals surface area contributed by atoms with Crippen molar-refractivity contribution in [3.8, 4) is 0 Å². The molecule has 2 unspecified atom stereocenters. The Hall–Kier alpha value is -2.46. The van der Waals surface area contributed by atoms with E-state index in [0.29, 0.717) is 31.6 Å². The van der Waals surface area contributed by atoms with Crippen molar-refractivity contribution in [3.63, 3.8) is 0 Å². The lowest BCUT2D eigenvalue weighted by Crippen LogP contribution is -2.30. The molecule has 0 bridgehead atoms. The number of phosphoric ester groups is 2. The number of carbonyl (C=O) groups is 4. The Labute approximate surface area is 529 Å². The highest BCUT2D eigenvalue weighted by Crippen LogP contribution is 2.45. The van der Waals surface area contributed by atoms with Crippen molar-refractivity contribution in [2.75, 3.05) is 39.6 Å². The number of hydrogen-bond donors (Lipinski definition) is 3. The van der Waals surface area contributed by atoms with E-state index >= 15 is 0 Å². The van der Waals surface area contributed by atoms with Gasteiger partial charge >= 0.3 is 39.5 Å². The van der Waals surface area contributed by atoms with Gasteiger partial charge in [-0.15, -0.1) is 0 Å². The number of unbranched alkanes of at least 4 members (excludes halogenated alkanes) is 32. The third kappa shape index (κ3) is 62.1. The second-order valence-corrected chi connectivity index (χ2v) is 27.7. The van der Waals surface area contributed by atoms with Crippen molar-refractivity contribution in [2.45, 2.75) is 336 Å². The Morgan fingerprint density at radius 1 is 0.356 bits per heavy atom. The molecule has 0 saturated heterocycles. The van der Waals surface area contributed by atoms with Crippen molar-refractivity contribution >= 4 is 39.5 Å². The molecule has 87 heavy (non-hydrogen) atoms. The highest BCUT2D eigenvalue weighted by Gasteiger charge is 2.30. The molecule has 0 saturated carbocycles. The summed E-state index contributed by atoms with van der Waals surface area (Å²) in [4.78, 5) is 72.3. The monoisotopic (exact) mass is 1280 g/mol. The van der Waals surface area contributed by atoms with E-state index in [9.17, 15) is 43.2 Å². The van der Waals surface area contributed by atoms with Crippen LogP contribution in [0.3, 0.4) is 0 Å². The molecule has 0 amide bonds. The molecule has 0 radical (unpaired) electrons. The number of phosphoric acid groups is 2. The first-order valence-corrected chi connectivity index (χ1v) is 37.8. The number of ether oxygens (including phenoxy) is 4. The van der Waals surface area contributed by atoms with Gasteiger partial charge in [0.05, 0.1) is 26.4 Å². The Bertz CT molecular complexity index is 1790. The van der Waals surface area contributed by atoms with Crippen LogP contribution in [-0.2, 0) is 65.4 Å². The third-order valence-corrected chi connectivity index (χ3v) is 17.0. The van der Waals surface area contributed by atoms with Gasteiger partial charge < -0.3 is 33.8 Å². The molecule has 17 nitrogen and oxygen atoms in total. The largest absolute Gasteiger partial charge is 0.472 e. The summed E-state index contributed by atoms with van der Waals surface area (Å²) in [5.74, 6) is -0.700. The highest BCUT2D eigenvalue weighted by molar-refractivity contribution is 7.47. The number of hydrogen-bond acceptors (Lipinski definition) is 15. The molecule has 0 aliphatic carbocycles. The lowest BCUT2D eigenvalue weighted by molar-refractivity contribution is -0.161. The number of aliphatic hydroxyl groups excluding tert-OH is 1. The zero-order valence-corrected chi connectivity index (χ0v) is 57.6. The van der Waals surface area contributed by atoms with Crippen LogP contribution in [-0.4, -0.2) is 96.7 Å². The molecule has 512 valence electrons. The molecule has 0 rings (SSSR count). The van der Waals surface area contributed by atoms with Crippen LogP contribution in [0.2, 0.25) is 0 Å². The van der Waals surface area contributed by atoms with E-state index in [1.807, 2.05) is 0 Å². The molecule has 0 aromatic heterocycles. The summed E-state index contributed by atoms with van der Waals surface area (Å²) in [6.45, 7) is 9.37. The number of rotatable bonds is 65. The summed E-state index contributed by atoms with van der Waals surface area (Å²) in [7, 11) is -9.90. The van der Waals surface area contributed by atoms with Crippen LogP contribution >= 0.6 is 15.6 Å². The first-order chi connectivity index (χ1) is 41.9. The first-order valence-electron chi connectivity index (χ1n) is 34.8. The summed E-state index contributed by atoms with van der Waals surface area (Å²) in [5.41, 5.74) is 0. The summed E-state index contributed by atoms with van der Waals surface area (Å²) in [6.07, 6.45) is 46.8. The smallest absolute Gasteiger partial charge is 0.462 e. The minimum atomic E-state index is -4.96. The van der Waals surface area contributed by atoms with Crippen molar-refractivity contribution in [3.05, 3.63) is 24.3 Å². The maximum atomic E-state index is 13.0. The zero-order valence-electron chi connectivity index (χ0n) is 55.8. The lowest BCUT2D eigenvalue weighted by atomic mass is 10.0. The predicted molar refractivity (Wildman–Crippen MR) is 349 cm³/mol. The Morgan fingerprint density at radius 3 is 0.943 bits per heavy atom. The van der Waals surface area contributed by atoms with Crippen molar-refractivity contribution in [1.29, 1.82) is 0 Å². The van der Waals surface area contributed by atoms with E-state index < -0.39 is 97.5 Å². The van der Waals surface area contributed by atoms with E-state index in [2.05, 4.69) is 65.8 Å². The average Bonchev–Trinajstić information content (AvgIpc) is 3.69. The van der Waals surface area contributed by atoms with Crippen molar-refractivity contribution in [1.82, 2.24) is 0 Å². The standard InChI is InChI=1S/C68H128O17P2/c1-7-9-11-13-15-17-18-19-20-21-24-28-34-40-46-52-67(72)84-63(57-79-66(71)51-45-39-33-27-25-22-23-26-30-36-42-48-60(3)4)58-82-86(74,75)80-54-62(69)55-81-87(76,77)83-59-64(56-78-65(70)50-44-38-32-16-14-12-10-8-2)85-68(73)53-47-41-35-29-31-37-43-49-61(5)6/h17-20,60-64,69H,7-16,21-59H2,1-6H3,(H,74,75)(H,76,77)/b18-17-,20-19-/t62-,63-,64-/m1/s1. The van der Waals surface area contributed by atoms with E-state index in [1.165, 1.54) is 116 Å². The van der Waals surface area contributed by atoms with Crippen LogP contribution in [0.1, 0.15) is 318 Å². The van der Waals surface area contributed by atoms with Crippen LogP contribution in [0.5, 0.6) is 0 Å². The molecule has 0 heterocycles. The summed E-state index contributed by atoms with van der Waals surface area (Å²) >= 11 is 0. The van der Waals surface area contributed by atoms with Gasteiger partial charge in [0.1, 0.15) is 19.3 Å². The average molecular weight is 1280 g/mol. The predicted octanol–water partition coefficient (Wildman–Crippen LogP) is 18.8. The zero-order chi connectivity index (χ0) is 64.3. The Morgan fingerprint density at radius 2 is 0.621 bits per heavy atom. The van der Waals surface area contributed by atoms with Gasteiger partial charge in [-0.2, -0.15) is 0 Å². The molecule has 0 fully saturated rings. The summed E-state index contributed by atoms with van der Waals surface area (Å²) in [5, 5.41) is 10.6. The van der Waals surface area contributed by atoms with Gasteiger partial charge in [0.2, 0.25) is 0 Å². The second-order valence-electron chi connectivity index (χ2n) is 24.8. The van der Waals surface area contributed by atoms with E-state index in [1.54, 1.807) is 0 Å². The fraction of sp³-hybridized carbons (Fsp3) is 0.882. The molecule has 19 heteroatoms. The van der Waals surface area contributed by atoms with Gasteiger partial charge in [0.15, 0.2) is 12.2 Å². The molecule has 0 aromatic rings. The quantitative estimate of drug-likeness (QED) is 0.0169. The fourth-order valence-electron chi connectivity index (χ4n) is 9.70. The van der Waals surface area contributed by atoms with Gasteiger partial charge in [-0.3, -0.25) is 37.3 Å². The molecule has 0 spiro atoms. The minimum Gasteiger partial charge on any atom is -0.462 e. The van der Waals surface area contributed by atoms with Crippen molar-refractivity contribution < 1.29 is 80.2 Å². The maximum Gasteiger partial charge on any atom is 0.472 e. The van der Waals surface area contributed by atoms with Gasteiger partial charge in [0.25, 0.3) is 0 Å². The lowest BCUT2D eigenvalue weighted by Gasteiger charge is -2.21. The number of carbonyl (C=O) groups excluding carboxylic acids is 4. The number of aliphatic hydroxyl groups is 1.